The Balaban J connectivity index is 2.39. The lowest BCUT2D eigenvalue weighted by atomic mass is 9.97. The maximum atomic E-state index is 10.2. The van der Waals surface area contributed by atoms with E-state index in [4.69, 9.17) is 9.47 Å². The van der Waals surface area contributed by atoms with Crippen molar-refractivity contribution in [2.45, 2.75) is 64.4 Å². The normalized spacial score (nSPS) is 24.5. The van der Waals surface area contributed by atoms with Crippen molar-refractivity contribution >= 4 is 0 Å². The van der Waals surface area contributed by atoms with Gasteiger partial charge in [-0.05, 0) is 40.5 Å². The minimum absolute atomic E-state index is 0.0613. The van der Waals surface area contributed by atoms with E-state index >= 15 is 0 Å². The van der Waals surface area contributed by atoms with E-state index in [1.807, 2.05) is 13.8 Å². The summed E-state index contributed by atoms with van der Waals surface area (Å²) in [7, 11) is 1.71. The summed E-state index contributed by atoms with van der Waals surface area (Å²) < 4.78 is 11.1. The Labute approximate surface area is 111 Å². The van der Waals surface area contributed by atoms with E-state index in [2.05, 4.69) is 18.7 Å². The van der Waals surface area contributed by atoms with Crippen LogP contribution in [0.3, 0.4) is 0 Å². The molecule has 0 aromatic carbocycles. The molecule has 108 valence electrons. The van der Waals surface area contributed by atoms with Crippen molar-refractivity contribution in [3.63, 3.8) is 0 Å². The molecule has 1 aliphatic rings. The Morgan fingerprint density at radius 2 is 2.11 bits per heavy atom. The molecule has 1 aliphatic heterocycles. The molecule has 0 spiro atoms. The van der Waals surface area contributed by atoms with Crippen molar-refractivity contribution in [1.29, 1.82) is 0 Å². The molecule has 1 N–H and O–H groups in total. The van der Waals surface area contributed by atoms with Crippen molar-refractivity contribution < 1.29 is 14.6 Å². The van der Waals surface area contributed by atoms with E-state index in [1.54, 1.807) is 7.11 Å². The number of hydrogen-bond acceptors (Lipinski definition) is 4. The highest BCUT2D eigenvalue weighted by atomic mass is 16.5. The van der Waals surface area contributed by atoms with Gasteiger partial charge >= 0.3 is 0 Å². The topological polar surface area (TPSA) is 41.9 Å². The van der Waals surface area contributed by atoms with Crippen LogP contribution in [0.25, 0.3) is 0 Å². The molecule has 0 amide bonds. The van der Waals surface area contributed by atoms with Gasteiger partial charge in [0.15, 0.2) is 0 Å². The standard InChI is InChI=1S/C14H29NO3/c1-11(2)15-8-9-18-13(10-15)12(16)6-7-14(3,4)17-5/h11-13,16H,6-10H2,1-5H3. The molecule has 2 atom stereocenters. The first-order chi connectivity index (χ1) is 8.35. The smallest absolute Gasteiger partial charge is 0.0961 e. The Kier molecular flexibility index (Phi) is 6.05. The zero-order valence-corrected chi connectivity index (χ0v) is 12.5. The number of morpholine rings is 1. The monoisotopic (exact) mass is 259 g/mol. The van der Waals surface area contributed by atoms with Gasteiger partial charge in [0.05, 0.1) is 24.4 Å². The van der Waals surface area contributed by atoms with E-state index in [0.717, 1.165) is 25.9 Å². The predicted molar refractivity (Wildman–Crippen MR) is 72.8 cm³/mol. The molecule has 4 nitrogen and oxygen atoms in total. The minimum atomic E-state index is -0.402. The summed E-state index contributed by atoms with van der Waals surface area (Å²) in [6.07, 6.45) is 1.10. The molecule has 0 aliphatic carbocycles. The molecule has 0 aromatic rings. The third-order valence-electron chi connectivity index (χ3n) is 3.88. The summed E-state index contributed by atoms with van der Waals surface area (Å²) in [5, 5.41) is 10.2. The second-order valence-electron chi connectivity index (χ2n) is 6.07. The van der Waals surface area contributed by atoms with Crippen molar-refractivity contribution in [2.24, 2.45) is 0 Å². The molecule has 1 heterocycles. The average molecular weight is 259 g/mol. The first kappa shape index (κ1) is 15.9. The van der Waals surface area contributed by atoms with E-state index in [1.165, 1.54) is 0 Å². The number of hydrogen-bond donors (Lipinski definition) is 1. The molecule has 4 heteroatoms. The highest BCUT2D eigenvalue weighted by Crippen LogP contribution is 2.20. The second kappa shape index (κ2) is 6.85. The van der Waals surface area contributed by atoms with Crippen LogP contribution in [-0.4, -0.2) is 60.7 Å². The minimum Gasteiger partial charge on any atom is -0.390 e. The highest BCUT2D eigenvalue weighted by molar-refractivity contribution is 4.81. The van der Waals surface area contributed by atoms with Gasteiger partial charge in [0.25, 0.3) is 0 Å². The van der Waals surface area contributed by atoms with Crippen LogP contribution in [0.1, 0.15) is 40.5 Å². The zero-order valence-electron chi connectivity index (χ0n) is 12.5. The molecule has 18 heavy (non-hydrogen) atoms. The van der Waals surface area contributed by atoms with Crippen molar-refractivity contribution in [1.82, 2.24) is 4.90 Å². The average Bonchev–Trinajstić information content (AvgIpc) is 2.36. The molecule has 1 rings (SSSR count). The number of ether oxygens (including phenoxy) is 2. The summed E-state index contributed by atoms with van der Waals surface area (Å²) in [5.41, 5.74) is -0.173. The summed E-state index contributed by atoms with van der Waals surface area (Å²) >= 11 is 0. The van der Waals surface area contributed by atoms with Gasteiger partial charge in [-0.2, -0.15) is 0 Å². The lowest BCUT2D eigenvalue weighted by Gasteiger charge is -2.38. The number of rotatable bonds is 6. The third-order valence-corrected chi connectivity index (χ3v) is 3.88. The van der Waals surface area contributed by atoms with Crippen molar-refractivity contribution in [3.05, 3.63) is 0 Å². The highest BCUT2D eigenvalue weighted by Gasteiger charge is 2.29. The Morgan fingerprint density at radius 3 is 2.67 bits per heavy atom. The van der Waals surface area contributed by atoms with E-state index in [9.17, 15) is 5.11 Å². The summed E-state index contributed by atoms with van der Waals surface area (Å²) in [5.74, 6) is 0. The van der Waals surface area contributed by atoms with Crippen LogP contribution in [0.5, 0.6) is 0 Å². The van der Waals surface area contributed by atoms with E-state index in [-0.39, 0.29) is 11.7 Å². The summed E-state index contributed by atoms with van der Waals surface area (Å²) in [4.78, 5) is 2.36. The van der Waals surface area contributed by atoms with Crippen LogP contribution in [0.4, 0.5) is 0 Å². The quantitative estimate of drug-likeness (QED) is 0.788. The van der Waals surface area contributed by atoms with E-state index < -0.39 is 6.10 Å². The second-order valence-corrected chi connectivity index (χ2v) is 6.07. The van der Waals surface area contributed by atoms with Gasteiger partial charge in [0, 0.05) is 26.2 Å². The SMILES string of the molecule is COC(C)(C)CCC(O)C1CN(C(C)C)CCO1. The van der Waals surface area contributed by atoms with E-state index in [0.29, 0.717) is 12.6 Å². The molecule has 0 aromatic heterocycles. The number of nitrogens with zero attached hydrogens (tertiary/aromatic N) is 1. The van der Waals surface area contributed by atoms with Gasteiger partial charge in [-0.15, -0.1) is 0 Å². The van der Waals surface area contributed by atoms with Gasteiger partial charge in [0.1, 0.15) is 0 Å². The molecule has 1 saturated heterocycles. The molecular formula is C14H29NO3. The first-order valence-corrected chi connectivity index (χ1v) is 6.94. The van der Waals surface area contributed by atoms with Crippen LogP contribution >= 0.6 is 0 Å². The fourth-order valence-electron chi connectivity index (χ4n) is 2.18. The zero-order chi connectivity index (χ0) is 13.8. The van der Waals surface area contributed by atoms with Crippen LogP contribution < -0.4 is 0 Å². The van der Waals surface area contributed by atoms with Crippen LogP contribution in [0.15, 0.2) is 0 Å². The third kappa shape index (κ3) is 4.84. The summed E-state index contributed by atoms with van der Waals surface area (Å²) in [6.45, 7) is 11.0. The van der Waals surface area contributed by atoms with Crippen LogP contribution in [0.2, 0.25) is 0 Å². The number of aliphatic hydroxyl groups is 1. The fraction of sp³-hybridized carbons (Fsp3) is 1.00. The lowest BCUT2D eigenvalue weighted by Crippen LogP contribution is -2.50. The molecule has 2 unspecified atom stereocenters. The van der Waals surface area contributed by atoms with Crippen LogP contribution in [-0.2, 0) is 9.47 Å². The Hall–Kier alpha value is -0.160. The molecule has 0 radical (unpaired) electrons. The van der Waals surface area contributed by atoms with Gasteiger partial charge in [0.2, 0.25) is 0 Å². The maximum absolute atomic E-state index is 10.2. The van der Waals surface area contributed by atoms with Gasteiger partial charge < -0.3 is 14.6 Å². The first-order valence-electron chi connectivity index (χ1n) is 6.94. The van der Waals surface area contributed by atoms with Gasteiger partial charge in [-0.1, -0.05) is 0 Å². The van der Waals surface area contributed by atoms with Crippen molar-refractivity contribution in [2.75, 3.05) is 26.8 Å². The fourth-order valence-corrected chi connectivity index (χ4v) is 2.18. The Morgan fingerprint density at radius 1 is 1.44 bits per heavy atom. The number of methoxy groups -OCH3 is 1. The molecule has 0 bridgehead atoms. The largest absolute Gasteiger partial charge is 0.390 e. The van der Waals surface area contributed by atoms with Gasteiger partial charge in [-0.3, -0.25) is 4.90 Å². The lowest BCUT2D eigenvalue weighted by molar-refractivity contribution is -0.102. The molecular weight excluding hydrogens is 230 g/mol. The van der Waals surface area contributed by atoms with Gasteiger partial charge in [-0.25, -0.2) is 0 Å². The predicted octanol–water partition coefficient (Wildman–Crippen LogP) is 1.66. The maximum Gasteiger partial charge on any atom is 0.0961 e. The molecule has 1 fully saturated rings. The molecule has 0 saturated carbocycles. The van der Waals surface area contributed by atoms with Crippen LogP contribution in [0, 0.1) is 0 Å². The number of aliphatic hydroxyl groups excluding tert-OH is 1. The van der Waals surface area contributed by atoms with Crippen molar-refractivity contribution in [3.8, 4) is 0 Å². The summed E-state index contributed by atoms with van der Waals surface area (Å²) in [6, 6.07) is 0.513. The Bertz CT molecular complexity index is 243.